The largest absolute Gasteiger partial charge is 0.507 e. The van der Waals surface area contributed by atoms with Crippen molar-refractivity contribution < 1.29 is 23.8 Å². The van der Waals surface area contributed by atoms with Crippen molar-refractivity contribution in [3.8, 4) is 5.75 Å². The van der Waals surface area contributed by atoms with Crippen LogP contribution in [-0.4, -0.2) is 38.0 Å². The molecule has 1 aromatic heterocycles. The summed E-state index contributed by atoms with van der Waals surface area (Å²) in [6, 6.07) is 13.3. The highest BCUT2D eigenvalue weighted by atomic mass is 16.5. The van der Waals surface area contributed by atoms with Crippen LogP contribution in [0.1, 0.15) is 28.5 Å². The van der Waals surface area contributed by atoms with Crippen molar-refractivity contribution in [3.63, 3.8) is 0 Å². The summed E-state index contributed by atoms with van der Waals surface area (Å²) in [6.45, 7) is 3.67. The SMILES string of the molecule is COc1cc(C)c(/C(O)=C2/C(=O)C(=O)N(c3ccc(N(C)C)cc3)C2c2ccco2)cc1C. The van der Waals surface area contributed by atoms with Crippen molar-refractivity contribution in [3.05, 3.63) is 82.8 Å². The first kappa shape index (κ1) is 22.2. The molecule has 1 amide bonds. The van der Waals surface area contributed by atoms with Crippen LogP contribution in [-0.2, 0) is 9.59 Å². The fourth-order valence-corrected chi connectivity index (χ4v) is 4.14. The molecule has 1 atom stereocenters. The molecule has 33 heavy (non-hydrogen) atoms. The number of methoxy groups -OCH3 is 1. The maximum atomic E-state index is 13.2. The highest BCUT2D eigenvalue weighted by Crippen LogP contribution is 2.43. The van der Waals surface area contributed by atoms with Gasteiger partial charge in [0.15, 0.2) is 0 Å². The summed E-state index contributed by atoms with van der Waals surface area (Å²) < 4.78 is 11.0. The van der Waals surface area contributed by atoms with Crippen molar-refractivity contribution in [1.82, 2.24) is 0 Å². The first-order valence-electron chi connectivity index (χ1n) is 10.5. The number of hydrogen-bond donors (Lipinski definition) is 1. The van der Waals surface area contributed by atoms with Crippen LogP contribution >= 0.6 is 0 Å². The predicted molar refractivity (Wildman–Crippen MR) is 127 cm³/mol. The average molecular weight is 447 g/mol. The lowest BCUT2D eigenvalue weighted by Gasteiger charge is -2.24. The summed E-state index contributed by atoms with van der Waals surface area (Å²) in [5, 5.41) is 11.3. The number of aliphatic hydroxyl groups is 1. The second-order valence-corrected chi connectivity index (χ2v) is 8.23. The smallest absolute Gasteiger partial charge is 0.300 e. The van der Waals surface area contributed by atoms with E-state index >= 15 is 0 Å². The Bertz CT molecular complexity index is 1240. The molecular formula is C26H26N2O5. The van der Waals surface area contributed by atoms with Gasteiger partial charge >= 0.3 is 0 Å². The van der Waals surface area contributed by atoms with Gasteiger partial charge in [0.2, 0.25) is 0 Å². The van der Waals surface area contributed by atoms with Crippen molar-refractivity contribution in [2.45, 2.75) is 19.9 Å². The van der Waals surface area contributed by atoms with Gasteiger partial charge in [-0.1, -0.05) is 0 Å². The number of carbonyl (C=O) groups excluding carboxylic acids is 2. The number of hydrogen-bond acceptors (Lipinski definition) is 6. The molecule has 1 fully saturated rings. The second kappa shape index (κ2) is 8.50. The summed E-state index contributed by atoms with van der Waals surface area (Å²) in [7, 11) is 5.41. The Kier molecular flexibility index (Phi) is 5.72. The third-order valence-corrected chi connectivity index (χ3v) is 5.90. The van der Waals surface area contributed by atoms with Gasteiger partial charge in [0.25, 0.3) is 11.7 Å². The summed E-state index contributed by atoms with van der Waals surface area (Å²) in [6.07, 6.45) is 1.48. The van der Waals surface area contributed by atoms with Gasteiger partial charge in [0, 0.05) is 31.0 Å². The van der Waals surface area contributed by atoms with Gasteiger partial charge in [-0.3, -0.25) is 14.5 Å². The second-order valence-electron chi connectivity index (χ2n) is 8.23. The first-order valence-corrected chi connectivity index (χ1v) is 10.5. The number of ketones is 1. The third-order valence-electron chi connectivity index (χ3n) is 5.90. The van der Waals surface area contributed by atoms with E-state index in [1.54, 1.807) is 43.5 Å². The molecule has 0 spiro atoms. The van der Waals surface area contributed by atoms with E-state index in [4.69, 9.17) is 9.15 Å². The molecule has 7 nitrogen and oxygen atoms in total. The Morgan fingerprint density at radius 2 is 1.76 bits per heavy atom. The van der Waals surface area contributed by atoms with Crippen molar-refractivity contribution in [2.75, 3.05) is 31.0 Å². The summed E-state index contributed by atoms with van der Waals surface area (Å²) in [5.41, 5.74) is 3.45. The molecule has 2 aromatic carbocycles. The van der Waals surface area contributed by atoms with E-state index in [1.165, 1.54) is 11.2 Å². The van der Waals surface area contributed by atoms with Gasteiger partial charge in [0.05, 0.1) is 18.9 Å². The molecule has 1 saturated heterocycles. The van der Waals surface area contributed by atoms with E-state index in [1.807, 2.05) is 45.0 Å². The molecule has 0 bridgehead atoms. The number of carbonyl (C=O) groups is 2. The zero-order chi connectivity index (χ0) is 23.9. The van der Waals surface area contributed by atoms with E-state index in [-0.39, 0.29) is 11.3 Å². The fraction of sp³-hybridized carbons (Fsp3) is 0.231. The Morgan fingerprint density at radius 1 is 1.06 bits per heavy atom. The van der Waals surface area contributed by atoms with E-state index in [0.29, 0.717) is 22.8 Å². The minimum Gasteiger partial charge on any atom is -0.507 e. The highest BCUT2D eigenvalue weighted by molar-refractivity contribution is 6.51. The number of furan rings is 1. The van der Waals surface area contributed by atoms with Crippen molar-refractivity contribution >= 4 is 28.8 Å². The van der Waals surface area contributed by atoms with Crippen LogP contribution < -0.4 is 14.5 Å². The lowest BCUT2D eigenvalue weighted by Crippen LogP contribution is -2.29. The molecule has 1 aliphatic rings. The number of aliphatic hydroxyl groups excluding tert-OH is 1. The quantitative estimate of drug-likeness (QED) is 0.350. The Labute approximate surface area is 192 Å². The Balaban J connectivity index is 1.90. The van der Waals surface area contributed by atoms with Crippen LogP contribution in [0.15, 0.2) is 64.8 Å². The molecule has 1 aliphatic heterocycles. The van der Waals surface area contributed by atoms with Crippen LogP contribution in [0.25, 0.3) is 5.76 Å². The normalized spacial score (nSPS) is 17.5. The number of Topliss-reactive ketones (excluding diaryl/α,β-unsaturated/α-hetero) is 1. The van der Waals surface area contributed by atoms with Gasteiger partial charge < -0.3 is 19.2 Å². The number of amides is 1. The van der Waals surface area contributed by atoms with Gasteiger partial charge in [-0.2, -0.15) is 0 Å². The Morgan fingerprint density at radius 3 is 2.33 bits per heavy atom. The third kappa shape index (κ3) is 3.75. The molecular weight excluding hydrogens is 420 g/mol. The monoisotopic (exact) mass is 446 g/mol. The number of aryl methyl sites for hydroxylation is 2. The minimum absolute atomic E-state index is 0.0145. The molecule has 0 aliphatic carbocycles. The van der Waals surface area contributed by atoms with Gasteiger partial charge in [-0.25, -0.2) is 0 Å². The number of anilines is 2. The predicted octanol–water partition coefficient (Wildman–Crippen LogP) is 4.60. The molecule has 170 valence electrons. The number of ether oxygens (including phenoxy) is 1. The maximum absolute atomic E-state index is 13.2. The first-order chi connectivity index (χ1) is 15.7. The van der Waals surface area contributed by atoms with Crippen molar-refractivity contribution in [2.24, 2.45) is 0 Å². The summed E-state index contributed by atoms with van der Waals surface area (Å²) in [4.78, 5) is 29.7. The van der Waals surface area contributed by atoms with Crippen LogP contribution in [0.5, 0.6) is 5.75 Å². The molecule has 0 saturated carbocycles. The molecule has 0 radical (unpaired) electrons. The van der Waals surface area contributed by atoms with E-state index in [0.717, 1.165) is 16.8 Å². The van der Waals surface area contributed by atoms with E-state index in [9.17, 15) is 14.7 Å². The lowest BCUT2D eigenvalue weighted by atomic mass is 9.95. The minimum atomic E-state index is -0.896. The topological polar surface area (TPSA) is 83.2 Å². The van der Waals surface area contributed by atoms with E-state index < -0.39 is 17.7 Å². The summed E-state index contributed by atoms with van der Waals surface area (Å²) in [5.74, 6) is -0.675. The fourth-order valence-electron chi connectivity index (χ4n) is 4.14. The van der Waals surface area contributed by atoms with Crippen LogP contribution in [0.3, 0.4) is 0 Å². The zero-order valence-electron chi connectivity index (χ0n) is 19.2. The highest BCUT2D eigenvalue weighted by Gasteiger charge is 2.48. The van der Waals surface area contributed by atoms with Crippen LogP contribution in [0, 0.1) is 13.8 Å². The summed E-state index contributed by atoms with van der Waals surface area (Å²) >= 11 is 0. The number of nitrogens with zero attached hydrogens (tertiary/aromatic N) is 2. The lowest BCUT2D eigenvalue weighted by molar-refractivity contribution is -0.132. The van der Waals surface area contributed by atoms with Gasteiger partial charge in [-0.05, 0) is 73.5 Å². The molecule has 1 N–H and O–H groups in total. The standard InChI is InChI=1S/C26H26N2O5/c1-15-14-21(32-5)16(2)13-19(15)24(29)22-23(20-7-6-12-33-20)28(26(31)25(22)30)18-10-8-17(9-11-18)27(3)4/h6-14,23,29H,1-5H3/b24-22-. The number of rotatable bonds is 5. The zero-order valence-corrected chi connectivity index (χ0v) is 19.2. The molecule has 3 aromatic rings. The maximum Gasteiger partial charge on any atom is 0.300 e. The molecule has 4 rings (SSSR count). The average Bonchev–Trinajstić information content (AvgIpc) is 3.41. The van der Waals surface area contributed by atoms with E-state index in [2.05, 4.69) is 0 Å². The molecule has 2 heterocycles. The molecule has 7 heteroatoms. The number of benzene rings is 2. The van der Waals surface area contributed by atoms with Crippen LogP contribution in [0.4, 0.5) is 11.4 Å². The van der Waals surface area contributed by atoms with Crippen LogP contribution in [0.2, 0.25) is 0 Å². The van der Waals surface area contributed by atoms with Gasteiger partial charge in [0.1, 0.15) is 23.3 Å². The molecule has 1 unspecified atom stereocenters. The van der Waals surface area contributed by atoms with Gasteiger partial charge in [-0.15, -0.1) is 0 Å². The Hall–Kier alpha value is -4.00. The van der Waals surface area contributed by atoms with Crippen molar-refractivity contribution in [1.29, 1.82) is 0 Å².